The minimum absolute atomic E-state index is 0. The normalized spacial score (nSPS) is 11.3. The van der Waals surface area contributed by atoms with Crippen molar-refractivity contribution in [2.45, 2.75) is 26.9 Å². The molecule has 0 bridgehead atoms. The van der Waals surface area contributed by atoms with Gasteiger partial charge >= 0.3 is 47.8 Å². The molecule has 102 heavy (non-hydrogen) atoms. The molecule has 0 spiro atoms. The molecule has 3 heterocycles. The van der Waals surface area contributed by atoms with Gasteiger partial charge in [0.2, 0.25) is 0 Å². The van der Waals surface area contributed by atoms with Gasteiger partial charge in [0.1, 0.15) is 6.07 Å². The number of aryl methyl sites for hydroxylation is 1. The fourth-order valence-electron chi connectivity index (χ4n) is 10.8. The van der Waals surface area contributed by atoms with Crippen LogP contribution in [0.15, 0.2) is 242 Å². The number of carbonyl (C=O) groups excluding carboxylic acids is 4. The number of alkyl halides is 3. The van der Waals surface area contributed by atoms with Crippen LogP contribution >= 0.6 is 23.2 Å². The molecule has 0 aliphatic heterocycles. The van der Waals surface area contributed by atoms with E-state index in [1.165, 1.54) is 17.8 Å². The molecule has 9 aromatic carbocycles. The number of anilines is 6. The number of amides is 5. The Kier molecular flexibility index (Phi) is 24.1. The quantitative estimate of drug-likeness (QED) is 0.0394. The molecule has 0 aliphatic carbocycles. The third-order valence-corrected chi connectivity index (χ3v) is 16.5. The second-order valence-electron chi connectivity index (χ2n) is 23.1. The van der Waals surface area contributed by atoms with Crippen LogP contribution in [-0.4, -0.2) is 51.7 Å². The maximum atomic E-state index is 13.0. The molecule has 0 radical (unpaired) electrons. The Labute approximate surface area is 617 Å². The summed E-state index contributed by atoms with van der Waals surface area (Å²) >= 11 is 11.6. The van der Waals surface area contributed by atoms with Crippen molar-refractivity contribution in [1.82, 2.24) is 13.7 Å². The number of allylic oxidation sites excluding steroid dienone is 2. The SMILES string of the molecule is C/C(C#N)=C/c1cn(-c2ccc(N(C)C)cc2)c2ccccc12.C/C(C#N)=C/c1cn(-c2ccc(NC(=O)Nc3ccc(Cl)c(C(F)(F)F)c3)cc2)c2ccccc12.Cc1cc(NC(=O)Nc2ccc(C(=O)Nc3ccc(-n4cc(/C=C(\C#N)C(=O)[O-])c5ccccc54)cc3)cc2)ccc1Cl.[Na+]. The summed E-state index contributed by atoms with van der Waals surface area (Å²) in [6, 6.07) is 65.7. The number of urea groups is 2. The zero-order chi connectivity index (χ0) is 72.1. The van der Waals surface area contributed by atoms with Crippen LogP contribution in [0.1, 0.15) is 52.0 Å². The predicted octanol–water partition coefficient (Wildman–Crippen LogP) is 15.6. The van der Waals surface area contributed by atoms with Crippen LogP contribution in [0.5, 0.6) is 0 Å². The fourth-order valence-corrected chi connectivity index (χ4v) is 11.1. The van der Waals surface area contributed by atoms with Crippen LogP contribution in [0.3, 0.4) is 0 Å². The summed E-state index contributed by atoms with van der Waals surface area (Å²) in [6.45, 7) is 5.42. The van der Waals surface area contributed by atoms with Crippen LogP contribution in [-0.2, 0) is 11.0 Å². The van der Waals surface area contributed by atoms with Crippen molar-refractivity contribution < 1.29 is 67.0 Å². The first-order chi connectivity index (χ1) is 48.5. The number of carboxylic acids is 1. The number of carboxylic acid groups (broad SMARTS) is 1. The van der Waals surface area contributed by atoms with E-state index < -0.39 is 40.4 Å². The molecule has 5 N–H and O–H groups in total. The fraction of sp³-hybridized carbons (Fsp3) is 0.0759. The number of nitriles is 3. The third-order valence-electron chi connectivity index (χ3n) is 15.8. The topological polar surface area (TPSA) is 241 Å². The summed E-state index contributed by atoms with van der Waals surface area (Å²) in [5, 5.41) is 54.9. The molecule has 23 heteroatoms. The second-order valence-corrected chi connectivity index (χ2v) is 23.9. The number of hydrogen-bond acceptors (Lipinski definition) is 9. The average molecular weight is 1410 g/mol. The molecular weight excluding hydrogens is 1350 g/mol. The van der Waals surface area contributed by atoms with Crippen molar-refractivity contribution >= 4 is 132 Å². The molecule has 0 aliphatic rings. The van der Waals surface area contributed by atoms with Gasteiger partial charge in [0, 0.05) is 138 Å². The molecule has 5 amide bonds. The Bertz CT molecular complexity index is 5370. The largest absolute Gasteiger partial charge is 1.00 e. The predicted molar refractivity (Wildman–Crippen MR) is 394 cm³/mol. The Hall–Kier alpha value is -12.1. The number of nitrogens with zero attached hydrogens (tertiary/aromatic N) is 7. The van der Waals surface area contributed by atoms with Gasteiger partial charge in [0.15, 0.2) is 0 Å². The number of aliphatic carboxylic acids is 1. The van der Waals surface area contributed by atoms with Gasteiger partial charge in [0.05, 0.1) is 50.8 Å². The second kappa shape index (κ2) is 33.2. The summed E-state index contributed by atoms with van der Waals surface area (Å²) in [7, 11) is 4.07. The van der Waals surface area contributed by atoms with Gasteiger partial charge in [-0.25, -0.2) is 9.59 Å². The molecule has 502 valence electrons. The first kappa shape index (κ1) is 74.2. The molecule has 12 rings (SSSR count). The van der Waals surface area contributed by atoms with Crippen LogP contribution in [0.4, 0.5) is 56.9 Å². The summed E-state index contributed by atoms with van der Waals surface area (Å²) in [6.07, 6.45) is 6.18. The molecule has 17 nitrogen and oxygen atoms in total. The number of fused-ring (bicyclic) bond motifs is 3. The third kappa shape index (κ3) is 18.2. The average Bonchev–Trinajstić information content (AvgIpc) is 1.64. The first-order valence-corrected chi connectivity index (χ1v) is 31.7. The van der Waals surface area contributed by atoms with Gasteiger partial charge in [0.25, 0.3) is 5.91 Å². The monoisotopic (exact) mass is 1410 g/mol. The van der Waals surface area contributed by atoms with E-state index in [0.717, 1.165) is 78.6 Å². The van der Waals surface area contributed by atoms with Crippen molar-refractivity contribution in [3.8, 4) is 35.3 Å². The van der Waals surface area contributed by atoms with Gasteiger partial charge in [-0.1, -0.05) is 77.8 Å². The van der Waals surface area contributed by atoms with E-state index in [1.54, 1.807) is 98.1 Å². The number of para-hydroxylation sites is 3. The van der Waals surface area contributed by atoms with E-state index in [0.29, 0.717) is 50.0 Å². The van der Waals surface area contributed by atoms with Gasteiger partial charge in [-0.15, -0.1) is 0 Å². The molecule has 0 fully saturated rings. The number of hydrogen-bond donors (Lipinski definition) is 5. The number of benzene rings is 9. The van der Waals surface area contributed by atoms with E-state index in [9.17, 15) is 37.5 Å². The minimum atomic E-state index is -4.63. The van der Waals surface area contributed by atoms with Gasteiger partial charge in [-0.2, -0.15) is 29.0 Å². The number of halogens is 5. The Morgan fingerprint density at radius 3 is 1.24 bits per heavy atom. The van der Waals surface area contributed by atoms with Crippen molar-refractivity contribution in [3.05, 3.63) is 285 Å². The first-order valence-electron chi connectivity index (χ1n) is 31.0. The van der Waals surface area contributed by atoms with Crippen LogP contribution in [0.25, 0.3) is 68.0 Å². The molecule has 12 aromatic rings. The number of aromatic nitrogens is 3. The molecule has 0 atom stereocenters. The van der Waals surface area contributed by atoms with Crippen molar-refractivity contribution in [1.29, 1.82) is 15.8 Å². The zero-order valence-electron chi connectivity index (χ0n) is 55.7. The maximum absolute atomic E-state index is 13.0. The zero-order valence-corrected chi connectivity index (χ0v) is 59.2. The van der Waals surface area contributed by atoms with Crippen molar-refractivity contribution in [2.75, 3.05) is 45.6 Å². The van der Waals surface area contributed by atoms with Gasteiger partial charge in [-0.05, 0) is 196 Å². The van der Waals surface area contributed by atoms with Crippen LogP contribution < -0.4 is 66.1 Å². The van der Waals surface area contributed by atoms with Gasteiger partial charge < -0.3 is 55.1 Å². The van der Waals surface area contributed by atoms with E-state index in [4.69, 9.17) is 39.0 Å². The van der Waals surface area contributed by atoms with Crippen LogP contribution in [0, 0.1) is 40.9 Å². The van der Waals surface area contributed by atoms with Crippen molar-refractivity contribution in [3.63, 3.8) is 0 Å². The maximum Gasteiger partial charge on any atom is 1.00 e. The summed E-state index contributed by atoms with van der Waals surface area (Å²) in [5.41, 5.74) is 12.4. The smallest absolute Gasteiger partial charge is 0.544 e. The van der Waals surface area contributed by atoms with Gasteiger partial charge in [-0.3, -0.25) is 4.79 Å². The number of rotatable bonds is 14. The summed E-state index contributed by atoms with van der Waals surface area (Å²) in [4.78, 5) is 50.9. The standard InChI is InChI=1S/C33H24ClN5O4.C26H18ClF3N4O.C20H19N3.Na/c1-20-16-26(12-15-29(20)34)38-33(43)37-25-8-6-21(7-9-25)31(40)36-24-10-13-27(14-11-24)39-19-23(17-22(18-35)32(41)42)28-4-2-3-5-30(28)39;1-16(14-31)12-17-15-34(24-5-3-2-4-21(17)24)20-9-6-18(7-10-20)32-25(35)33-19-8-11-23(27)22(13-19)26(28,29)30;1-15(13-21)12-16-14-23(20-7-5-4-6-19(16)20)18-10-8-17(9-11-18)22(2)3;/h2-17,19H,1H3,(H,36,40)(H,41,42)(H2,37,38,43);2-13,15H,1H3,(H2,32,33,35);4-12,14H,1-3H3;/q;;;+1/p-1/b22-17+;16-12-;15-12-;. The van der Waals surface area contributed by atoms with E-state index in [2.05, 4.69) is 90.8 Å². The Morgan fingerprint density at radius 2 is 0.843 bits per heavy atom. The van der Waals surface area contributed by atoms with E-state index >= 15 is 0 Å². The Morgan fingerprint density at radius 1 is 0.480 bits per heavy atom. The minimum Gasteiger partial charge on any atom is -0.544 e. The molecule has 3 aromatic heterocycles. The van der Waals surface area contributed by atoms with E-state index in [1.807, 2.05) is 128 Å². The van der Waals surface area contributed by atoms with Crippen LogP contribution in [0.2, 0.25) is 10.0 Å². The van der Waals surface area contributed by atoms with Crippen molar-refractivity contribution in [2.24, 2.45) is 0 Å². The molecule has 0 saturated carbocycles. The summed E-state index contributed by atoms with van der Waals surface area (Å²) in [5.74, 6) is -1.87. The number of carbonyl (C=O) groups is 4. The number of nitrogens with one attached hydrogen (secondary N) is 5. The molecule has 0 unspecified atom stereocenters. The summed E-state index contributed by atoms with van der Waals surface area (Å²) < 4.78 is 45.1. The Balaban J connectivity index is 0.000000185. The molecular formula is C79H60Cl2F3N12NaO5. The molecule has 0 saturated heterocycles. The van der Waals surface area contributed by atoms with E-state index in [-0.39, 0.29) is 41.2 Å².